The van der Waals surface area contributed by atoms with Crippen molar-refractivity contribution in [3.05, 3.63) is 29.3 Å². The van der Waals surface area contributed by atoms with Crippen molar-refractivity contribution in [3.8, 4) is 5.75 Å². The Morgan fingerprint density at radius 3 is 2.87 bits per heavy atom. The third kappa shape index (κ3) is 5.43. The molecule has 0 radical (unpaired) electrons. The summed E-state index contributed by atoms with van der Waals surface area (Å²) < 4.78 is 5.73. The molecular weight excluding hydrogens is 288 g/mol. The van der Waals surface area contributed by atoms with Crippen LogP contribution in [0.3, 0.4) is 0 Å². The fourth-order valence-corrected chi connectivity index (χ4v) is 2.93. The summed E-state index contributed by atoms with van der Waals surface area (Å²) in [4.78, 5) is 6.69. The highest BCUT2D eigenvalue weighted by Gasteiger charge is 2.19. The predicted octanol–water partition coefficient (Wildman–Crippen LogP) is 2.01. The molecule has 1 atom stereocenters. The number of likely N-dealkylation sites (tertiary alicyclic amines) is 1. The Kier molecular flexibility index (Phi) is 6.71. The number of hydrogen-bond donors (Lipinski definition) is 2. The van der Waals surface area contributed by atoms with Crippen molar-refractivity contribution in [1.29, 1.82) is 0 Å². The highest BCUT2D eigenvalue weighted by atomic mass is 16.5. The smallest absolute Gasteiger partial charge is 0.191 e. The van der Waals surface area contributed by atoms with Gasteiger partial charge in [-0.1, -0.05) is 12.1 Å². The van der Waals surface area contributed by atoms with E-state index in [9.17, 15) is 0 Å². The van der Waals surface area contributed by atoms with Crippen LogP contribution in [0.2, 0.25) is 0 Å². The number of nitrogens with zero attached hydrogens (tertiary/aromatic N) is 2. The maximum atomic E-state index is 5.73. The standard InChI is InChI=1S/C18H30N4O/c1-5-23-17-10-14(2)6-7-16(17)12-21-18(19-3)20-11-15-8-9-22(4)13-15/h6-7,10,15H,5,8-9,11-13H2,1-4H3,(H2,19,20,21). The lowest BCUT2D eigenvalue weighted by atomic mass is 10.1. The van der Waals surface area contributed by atoms with Gasteiger partial charge in [-0.15, -0.1) is 0 Å². The van der Waals surface area contributed by atoms with Crippen molar-refractivity contribution in [2.45, 2.75) is 26.8 Å². The Morgan fingerprint density at radius 2 is 2.22 bits per heavy atom. The van der Waals surface area contributed by atoms with Crippen LogP contribution in [0.25, 0.3) is 0 Å². The molecule has 5 heteroatoms. The molecule has 0 saturated carbocycles. The number of aryl methyl sites for hydroxylation is 1. The second kappa shape index (κ2) is 8.77. The molecule has 1 unspecified atom stereocenters. The van der Waals surface area contributed by atoms with Crippen molar-refractivity contribution < 1.29 is 4.74 Å². The lowest BCUT2D eigenvalue weighted by Crippen LogP contribution is -2.39. The van der Waals surface area contributed by atoms with Gasteiger partial charge in [0.1, 0.15) is 5.75 Å². The first kappa shape index (κ1) is 17.6. The van der Waals surface area contributed by atoms with Gasteiger partial charge in [-0.05, 0) is 51.4 Å². The minimum Gasteiger partial charge on any atom is -0.494 e. The van der Waals surface area contributed by atoms with E-state index >= 15 is 0 Å². The number of benzene rings is 1. The highest BCUT2D eigenvalue weighted by Crippen LogP contribution is 2.20. The third-order valence-corrected chi connectivity index (χ3v) is 4.24. The molecule has 2 rings (SSSR count). The molecule has 1 aromatic carbocycles. The van der Waals surface area contributed by atoms with Gasteiger partial charge >= 0.3 is 0 Å². The summed E-state index contributed by atoms with van der Waals surface area (Å²) in [6.45, 7) is 8.81. The highest BCUT2D eigenvalue weighted by molar-refractivity contribution is 5.79. The van der Waals surface area contributed by atoms with Crippen molar-refractivity contribution in [1.82, 2.24) is 15.5 Å². The van der Waals surface area contributed by atoms with Gasteiger partial charge < -0.3 is 20.3 Å². The van der Waals surface area contributed by atoms with E-state index in [-0.39, 0.29) is 0 Å². The molecule has 2 N–H and O–H groups in total. The summed E-state index contributed by atoms with van der Waals surface area (Å²) in [5, 5.41) is 6.82. The monoisotopic (exact) mass is 318 g/mol. The van der Waals surface area contributed by atoms with Crippen molar-refractivity contribution >= 4 is 5.96 Å². The fourth-order valence-electron chi connectivity index (χ4n) is 2.93. The summed E-state index contributed by atoms with van der Waals surface area (Å²) in [5.41, 5.74) is 2.37. The molecule has 0 bridgehead atoms. The molecular formula is C18H30N4O. The molecule has 1 aliphatic rings. The van der Waals surface area contributed by atoms with Crippen LogP contribution in [0.1, 0.15) is 24.5 Å². The number of guanidine groups is 1. The van der Waals surface area contributed by atoms with Crippen molar-refractivity contribution in [2.24, 2.45) is 10.9 Å². The van der Waals surface area contributed by atoms with E-state index in [1.54, 1.807) is 0 Å². The average Bonchev–Trinajstić information content (AvgIpc) is 2.95. The minimum atomic E-state index is 0.679. The van der Waals surface area contributed by atoms with E-state index in [1.807, 2.05) is 14.0 Å². The summed E-state index contributed by atoms with van der Waals surface area (Å²) in [5.74, 6) is 2.51. The zero-order chi connectivity index (χ0) is 16.7. The van der Waals surface area contributed by atoms with Crippen LogP contribution in [-0.4, -0.2) is 51.2 Å². The van der Waals surface area contributed by atoms with E-state index < -0.39 is 0 Å². The van der Waals surface area contributed by atoms with Crippen LogP contribution in [0.5, 0.6) is 5.75 Å². The molecule has 1 aromatic rings. The second-order valence-corrected chi connectivity index (χ2v) is 6.27. The minimum absolute atomic E-state index is 0.679. The molecule has 0 spiro atoms. The van der Waals surface area contributed by atoms with Crippen molar-refractivity contribution in [3.63, 3.8) is 0 Å². The maximum absolute atomic E-state index is 5.73. The molecule has 5 nitrogen and oxygen atoms in total. The number of hydrogen-bond acceptors (Lipinski definition) is 3. The summed E-state index contributed by atoms with van der Waals surface area (Å²) in [7, 11) is 3.99. The van der Waals surface area contributed by atoms with Gasteiger partial charge in [0, 0.05) is 32.2 Å². The molecule has 1 fully saturated rings. The van der Waals surface area contributed by atoms with Crippen LogP contribution in [-0.2, 0) is 6.54 Å². The van der Waals surface area contributed by atoms with Gasteiger partial charge in [-0.2, -0.15) is 0 Å². The second-order valence-electron chi connectivity index (χ2n) is 6.27. The normalized spacial score (nSPS) is 19.0. The van der Waals surface area contributed by atoms with Gasteiger partial charge in [-0.3, -0.25) is 4.99 Å². The maximum Gasteiger partial charge on any atom is 0.191 e. The first-order chi connectivity index (χ1) is 11.1. The molecule has 0 amide bonds. The molecule has 0 aliphatic carbocycles. The van der Waals surface area contributed by atoms with Crippen LogP contribution in [0, 0.1) is 12.8 Å². The number of aliphatic imine (C=N–C) groups is 1. The van der Waals surface area contributed by atoms with Gasteiger partial charge in [0.15, 0.2) is 5.96 Å². The van der Waals surface area contributed by atoms with Gasteiger partial charge in [0.05, 0.1) is 6.61 Å². The topological polar surface area (TPSA) is 48.9 Å². The Morgan fingerprint density at radius 1 is 1.39 bits per heavy atom. The summed E-state index contributed by atoms with van der Waals surface area (Å²) in [6.07, 6.45) is 1.26. The molecule has 1 heterocycles. The number of nitrogens with one attached hydrogen (secondary N) is 2. The lowest BCUT2D eigenvalue weighted by Gasteiger charge is -2.17. The third-order valence-electron chi connectivity index (χ3n) is 4.24. The fraction of sp³-hybridized carbons (Fsp3) is 0.611. The molecule has 23 heavy (non-hydrogen) atoms. The Balaban J connectivity index is 1.85. The van der Waals surface area contributed by atoms with Crippen molar-refractivity contribution in [2.75, 3.05) is 40.3 Å². The zero-order valence-electron chi connectivity index (χ0n) is 14.9. The average molecular weight is 318 g/mol. The van der Waals surface area contributed by atoms with E-state index in [0.717, 1.165) is 30.4 Å². The van der Waals surface area contributed by atoms with E-state index in [1.165, 1.54) is 18.5 Å². The predicted molar refractivity (Wildman–Crippen MR) is 96.2 cm³/mol. The van der Waals surface area contributed by atoms with Gasteiger partial charge in [0.2, 0.25) is 0 Å². The molecule has 128 valence electrons. The summed E-state index contributed by atoms with van der Waals surface area (Å²) in [6, 6.07) is 6.32. The Bertz CT molecular complexity index is 530. The molecule has 0 aromatic heterocycles. The lowest BCUT2D eigenvalue weighted by molar-refractivity contribution is 0.336. The quantitative estimate of drug-likeness (QED) is 0.622. The van der Waals surface area contributed by atoms with E-state index in [0.29, 0.717) is 19.1 Å². The largest absolute Gasteiger partial charge is 0.494 e. The molecule has 1 aliphatic heterocycles. The Labute approximate surface area is 140 Å². The van der Waals surface area contributed by atoms with Gasteiger partial charge in [-0.25, -0.2) is 0 Å². The van der Waals surface area contributed by atoms with E-state index in [2.05, 4.69) is 52.7 Å². The first-order valence-corrected chi connectivity index (χ1v) is 8.47. The van der Waals surface area contributed by atoms with E-state index in [4.69, 9.17) is 4.74 Å². The van der Waals surface area contributed by atoms with Gasteiger partial charge in [0.25, 0.3) is 0 Å². The van der Waals surface area contributed by atoms with Crippen LogP contribution >= 0.6 is 0 Å². The molecule has 1 saturated heterocycles. The SMILES string of the molecule is CCOc1cc(C)ccc1CNC(=NC)NCC1CCN(C)C1. The first-order valence-electron chi connectivity index (χ1n) is 8.47. The van der Waals surface area contributed by atoms with Crippen LogP contribution < -0.4 is 15.4 Å². The summed E-state index contributed by atoms with van der Waals surface area (Å²) >= 11 is 0. The zero-order valence-corrected chi connectivity index (χ0v) is 14.9. The number of ether oxygens (including phenoxy) is 1. The number of rotatable bonds is 6. The van der Waals surface area contributed by atoms with Crippen LogP contribution in [0.4, 0.5) is 0 Å². The Hall–Kier alpha value is -1.75. The van der Waals surface area contributed by atoms with Crippen LogP contribution in [0.15, 0.2) is 23.2 Å².